The summed E-state index contributed by atoms with van der Waals surface area (Å²) in [5, 5.41) is 10.8. The van der Waals surface area contributed by atoms with E-state index in [0.29, 0.717) is 33.5 Å². The molecule has 4 heterocycles. The Bertz CT molecular complexity index is 1540. The van der Waals surface area contributed by atoms with Gasteiger partial charge < -0.3 is 19.1 Å². The van der Waals surface area contributed by atoms with Gasteiger partial charge in [0, 0.05) is 22.9 Å². The van der Waals surface area contributed by atoms with Crippen LogP contribution >= 0.6 is 11.3 Å². The van der Waals surface area contributed by atoms with Crippen LogP contribution in [0.2, 0.25) is 0 Å². The summed E-state index contributed by atoms with van der Waals surface area (Å²) >= 11 is 1.24. The number of hydrogen-bond donors (Lipinski definition) is 1. The Morgan fingerprint density at radius 3 is 2.67 bits per heavy atom. The zero-order chi connectivity index (χ0) is 24.3. The number of amides is 2. The molecule has 1 atom stereocenters. The van der Waals surface area contributed by atoms with Gasteiger partial charge in [-0.15, -0.1) is 10.2 Å². The van der Waals surface area contributed by atoms with Gasteiger partial charge in [-0.25, -0.2) is 0 Å². The number of carbonyl (C=O) groups is 2. The number of carbonyl (C=O) groups excluding carboxylic acids is 2. The molecule has 0 fully saturated rings. The maximum atomic E-state index is 14.2. The fourth-order valence-corrected chi connectivity index (χ4v) is 5.60. The Labute approximate surface area is 209 Å². The third-order valence-electron chi connectivity index (χ3n) is 6.81. The van der Waals surface area contributed by atoms with E-state index in [9.17, 15) is 9.59 Å². The predicted molar refractivity (Wildman–Crippen MR) is 131 cm³/mol. The van der Waals surface area contributed by atoms with Crippen LogP contribution in [0.4, 0.5) is 10.8 Å². The van der Waals surface area contributed by atoms with E-state index in [2.05, 4.69) is 15.5 Å². The molecule has 0 aliphatic carbocycles. The highest BCUT2D eigenvalue weighted by Crippen LogP contribution is 2.55. The largest absolute Gasteiger partial charge is 0.491 e. The number of benzene rings is 3. The minimum Gasteiger partial charge on any atom is -0.491 e. The molecule has 10 heteroatoms. The number of fused-ring (bicyclic) bond motifs is 5. The van der Waals surface area contributed by atoms with Gasteiger partial charge >= 0.3 is 0 Å². The first-order valence-corrected chi connectivity index (χ1v) is 12.2. The van der Waals surface area contributed by atoms with Crippen molar-refractivity contribution in [3.63, 3.8) is 0 Å². The van der Waals surface area contributed by atoms with Crippen LogP contribution < -0.4 is 24.4 Å². The van der Waals surface area contributed by atoms with Crippen LogP contribution in [0.5, 0.6) is 17.2 Å². The van der Waals surface area contributed by atoms with E-state index in [4.69, 9.17) is 14.2 Å². The fraction of sp³-hybridized carbons (Fsp3) is 0.154. The summed E-state index contributed by atoms with van der Waals surface area (Å²) in [4.78, 5) is 29.0. The summed E-state index contributed by atoms with van der Waals surface area (Å²) in [6, 6.07) is 18.6. The van der Waals surface area contributed by atoms with Crippen LogP contribution in [0, 0.1) is 0 Å². The van der Waals surface area contributed by atoms with Crippen molar-refractivity contribution in [2.45, 2.75) is 12.0 Å². The third-order valence-corrected chi connectivity index (χ3v) is 7.42. The summed E-state index contributed by atoms with van der Waals surface area (Å²) in [7, 11) is 0. The first kappa shape index (κ1) is 20.9. The van der Waals surface area contributed by atoms with E-state index < -0.39 is 5.41 Å². The lowest BCUT2D eigenvalue weighted by Gasteiger charge is -2.24. The van der Waals surface area contributed by atoms with Crippen molar-refractivity contribution in [1.29, 1.82) is 0 Å². The summed E-state index contributed by atoms with van der Waals surface area (Å²) in [6.45, 7) is 0.533. The lowest BCUT2D eigenvalue weighted by atomic mass is 9.77. The fourth-order valence-electron chi connectivity index (χ4n) is 5.16. The molecular weight excluding hydrogens is 480 g/mol. The standard InChI is InChI=1S/C26H18N4O5S/c31-23(28-25-29-27-13-36-25)16-6-2-1-5-15(16)11-30-19-8-4-3-7-17(19)26(24(30)32)12-33-20-10-22-21(9-18(20)26)34-14-35-22/h1-10,13H,11-12,14H2,(H,28,29,31). The molecule has 2 amide bonds. The second kappa shape index (κ2) is 7.79. The molecule has 0 saturated carbocycles. The molecule has 0 saturated heterocycles. The van der Waals surface area contributed by atoms with E-state index in [1.807, 2.05) is 42.5 Å². The number of nitrogens with one attached hydrogen (secondary N) is 1. The van der Waals surface area contributed by atoms with Gasteiger partial charge in [0.15, 0.2) is 11.5 Å². The topological polar surface area (TPSA) is 103 Å². The quantitative estimate of drug-likeness (QED) is 0.457. The van der Waals surface area contributed by atoms with E-state index >= 15 is 0 Å². The molecule has 3 aromatic carbocycles. The Morgan fingerprint density at radius 2 is 1.81 bits per heavy atom. The molecule has 178 valence electrons. The Hall–Kier alpha value is -4.44. The van der Waals surface area contributed by atoms with Gasteiger partial charge in [-0.3, -0.25) is 14.9 Å². The second-order valence-corrected chi connectivity index (χ2v) is 9.49. The molecule has 36 heavy (non-hydrogen) atoms. The van der Waals surface area contributed by atoms with Crippen molar-refractivity contribution in [3.05, 3.63) is 88.4 Å². The molecule has 9 nitrogen and oxygen atoms in total. The SMILES string of the molecule is O=C(Nc1nncs1)c1ccccc1CN1C(=O)C2(COc3cc4c(cc32)OCO4)c2ccccc21. The molecule has 3 aliphatic rings. The summed E-state index contributed by atoms with van der Waals surface area (Å²) in [6.07, 6.45) is 0. The maximum Gasteiger partial charge on any atom is 0.257 e. The lowest BCUT2D eigenvalue weighted by molar-refractivity contribution is -0.122. The summed E-state index contributed by atoms with van der Waals surface area (Å²) in [5.74, 6) is 1.40. The van der Waals surface area contributed by atoms with Gasteiger partial charge in [0.25, 0.3) is 5.91 Å². The molecule has 1 unspecified atom stereocenters. The van der Waals surface area contributed by atoms with Gasteiger partial charge in [-0.1, -0.05) is 47.7 Å². The molecule has 1 N–H and O–H groups in total. The molecule has 3 aliphatic heterocycles. The van der Waals surface area contributed by atoms with E-state index in [1.54, 1.807) is 28.6 Å². The van der Waals surface area contributed by atoms with Crippen LogP contribution in [0.3, 0.4) is 0 Å². The Morgan fingerprint density at radius 1 is 1.00 bits per heavy atom. The predicted octanol–water partition coefficient (Wildman–Crippen LogP) is 3.74. The average molecular weight is 499 g/mol. The summed E-state index contributed by atoms with van der Waals surface area (Å²) in [5.41, 5.74) is 4.13. The third kappa shape index (κ3) is 2.94. The summed E-state index contributed by atoms with van der Waals surface area (Å²) < 4.78 is 17.2. The highest BCUT2D eigenvalue weighted by atomic mass is 32.1. The van der Waals surface area contributed by atoms with E-state index in [0.717, 1.165) is 16.8 Å². The number of para-hydroxylation sites is 1. The van der Waals surface area contributed by atoms with Crippen LogP contribution in [0.25, 0.3) is 0 Å². The van der Waals surface area contributed by atoms with Crippen LogP contribution in [0.1, 0.15) is 27.0 Å². The molecule has 1 spiro atoms. The van der Waals surface area contributed by atoms with E-state index in [1.165, 1.54) is 11.3 Å². The molecule has 0 radical (unpaired) electrons. The number of anilines is 2. The molecular formula is C26H18N4O5S. The number of rotatable bonds is 4. The zero-order valence-corrected chi connectivity index (χ0v) is 19.6. The smallest absolute Gasteiger partial charge is 0.257 e. The molecule has 0 bridgehead atoms. The van der Waals surface area contributed by atoms with Crippen molar-refractivity contribution in [2.75, 3.05) is 23.6 Å². The van der Waals surface area contributed by atoms with Gasteiger partial charge in [-0.05, 0) is 29.3 Å². The van der Waals surface area contributed by atoms with Gasteiger partial charge in [0.1, 0.15) is 23.3 Å². The van der Waals surface area contributed by atoms with Crippen molar-refractivity contribution in [3.8, 4) is 17.2 Å². The monoisotopic (exact) mass is 498 g/mol. The first-order valence-electron chi connectivity index (χ1n) is 11.3. The Balaban J connectivity index is 1.29. The molecule has 7 rings (SSSR count). The van der Waals surface area contributed by atoms with Gasteiger partial charge in [-0.2, -0.15) is 0 Å². The average Bonchev–Trinajstić information content (AvgIpc) is 3.69. The highest BCUT2D eigenvalue weighted by Gasteiger charge is 2.57. The molecule has 1 aromatic heterocycles. The van der Waals surface area contributed by atoms with Crippen molar-refractivity contribution in [2.24, 2.45) is 0 Å². The lowest BCUT2D eigenvalue weighted by Crippen LogP contribution is -2.42. The highest BCUT2D eigenvalue weighted by molar-refractivity contribution is 7.13. The van der Waals surface area contributed by atoms with Crippen molar-refractivity contribution < 1.29 is 23.8 Å². The van der Waals surface area contributed by atoms with Crippen molar-refractivity contribution >= 4 is 34.0 Å². The zero-order valence-electron chi connectivity index (χ0n) is 18.8. The first-order chi connectivity index (χ1) is 17.6. The van der Waals surface area contributed by atoms with Crippen LogP contribution in [0.15, 0.2) is 66.2 Å². The number of nitrogens with zero attached hydrogens (tertiary/aromatic N) is 3. The normalized spacial score (nSPS) is 18.8. The Kier molecular flexibility index (Phi) is 4.52. The van der Waals surface area contributed by atoms with Gasteiger partial charge in [0.2, 0.25) is 17.8 Å². The minimum absolute atomic E-state index is 0.111. The minimum atomic E-state index is -1.00. The number of hydrogen-bond acceptors (Lipinski definition) is 8. The number of aromatic nitrogens is 2. The molecule has 4 aromatic rings. The van der Waals surface area contributed by atoms with Gasteiger partial charge in [0.05, 0.1) is 6.54 Å². The van der Waals surface area contributed by atoms with Crippen LogP contribution in [-0.2, 0) is 16.8 Å². The second-order valence-electron chi connectivity index (χ2n) is 8.66. The van der Waals surface area contributed by atoms with Crippen LogP contribution in [-0.4, -0.2) is 35.4 Å². The van der Waals surface area contributed by atoms with Crippen molar-refractivity contribution in [1.82, 2.24) is 10.2 Å². The van der Waals surface area contributed by atoms with E-state index in [-0.39, 0.29) is 31.8 Å². The number of ether oxygens (including phenoxy) is 3. The maximum absolute atomic E-state index is 14.2.